The van der Waals surface area contributed by atoms with Gasteiger partial charge in [-0.1, -0.05) is 6.07 Å². The first-order chi connectivity index (χ1) is 15.6. The molecule has 1 saturated heterocycles. The van der Waals surface area contributed by atoms with Crippen LogP contribution in [-0.2, 0) is 14.3 Å². The summed E-state index contributed by atoms with van der Waals surface area (Å²) in [5.74, 6) is -1.17. The van der Waals surface area contributed by atoms with E-state index in [4.69, 9.17) is 4.74 Å². The molecule has 2 fully saturated rings. The fourth-order valence-corrected chi connectivity index (χ4v) is 4.63. The maximum Gasteiger partial charge on any atom is 0.411 e. The highest BCUT2D eigenvalue weighted by Gasteiger charge is 2.67. The molecule has 0 unspecified atom stereocenters. The fraction of sp³-hybridized carbons (Fsp3) is 0.636. The molecular weight excluding hydrogens is 521 g/mol. The molecule has 3 atom stereocenters. The van der Waals surface area contributed by atoms with Gasteiger partial charge in [-0.25, -0.2) is 9.78 Å². The summed E-state index contributed by atoms with van der Waals surface area (Å²) in [7, 11) is 0. The van der Waals surface area contributed by atoms with Gasteiger partial charge in [-0.2, -0.15) is 13.2 Å². The minimum absolute atomic E-state index is 0.0220. The molecule has 3 amide bonds. The maximum absolute atomic E-state index is 13.2. The van der Waals surface area contributed by atoms with Crippen molar-refractivity contribution in [3.05, 3.63) is 22.3 Å². The number of carbonyl (C=O) groups excluding carboxylic acids is 3. The number of anilines is 1. The molecule has 188 valence electrons. The Labute approximate surface area is 204 Å². The van der Waals surface area contributed by atoms with Gasteiger partial charge in [0.05, 0.1) is 0 Å². The zero-order chi connectivity index (χ0) is 25.5. The van der Waals surface area contributed by atoms with Crippen LogP contribution < -0.4 is 10.6 Å². The highest BCUT2D eigenvalue weighted by Crippen LogP contribution is 2.62. The van der Waals surface area contributed by atoms with Gasteiger partial charge in [0.15, 0.2) is 0 Å². The first-order valence-corrected chi connectivity index (χ1v) is 11.7. The van der Waals surface area contributed by atoms with Crippen LogP contribution in [0.5, 0.6) is 0 Å². The van der Waals surface area contributed by atoms with Crippen molar-refractivity contribution in [1.29, 1.82) is 0 Å². The van der Waals surface area contributed by atoms with E-state index in [9.17, 15) is 27.6 Å². The number of rotatable bonds is 6. The lowest BCUT2D eigenvalue weighted by molar-refractivity contribution is -0.153. The van der Waals surface area contributed by atoms with Crippen LogP contribution in [0.15, 0.2) is 16.7 Å². The van der Waals surface area contributed by atoms with Gasteiger partial charge < -0.3 is 15.4 Å². The molecule has 3 rings (SSSR count). The van der Waals surface area contributed by atoms with Crippen molar-refractivity contribution in [3.8, 4) is 0 Å². The fourth-order valence-electron chi connectivity index (χ4n) is 4.33. The van der Waals surface area contributed by atoms with E-state index in [1.54, 1.807) is 39.8 Å². The number of halogens is 4. The van der Waals surface area contributed by atoms with E-state index in [0.717, 1.165) is 5.56 Å². The zero-order valence-electron chi connectivity index (χ0n) is 19.4. The van der Waals surface area contributed by atoms with Crippen molar-refractivity contribution < 1.29 is 32.3 Å². The van der Waals surface area contributed by atoms with Crippen molar-refractivity contribution in [2.75, 3.05) is 11.9 Å². The number of hydrogen-bond acceptors (Lipinski definition) is 5. The topological polar surface area (TPSA) is 101 Å². The van der Waals surface area contributed by atoms with Gasteiger partial charge in [-0.15, -0.1) is 0 Å². The predicted molar refractivity (Wildman–Crippen MR) is 121 cm³/mol. The molecule has 0 bridgehead atoms. The van der Waals surface area contributed by atoms with Crippen LogP contribution in [0.3, 0.4) is 0 Å². The zero-order valence-corrected chi connectivity index (χ0v) is 21.0. The highest BCUT2D eigenvalue weighted by molar-refractivity contribution is 9.10. The molecule has 34 heavy (non-hydrogen) atoms. The first-order valence-electron chi connectivity index (χ1n) is 10.9. The van der Waals surface area contributed by atoms with Gasteiger partial charge in [0.25, 0.3) is 0 Å². The number of likely N-dealkylation sites (tertiary alicyclic amines) is 1. The number of ether oxygens (including phenoxy) is 1. The Kier molecular flexibility index (Phi) is 7.22. The number of amides is 3. The monoisotopic (exact) mass is 548 g/mol. The van der Waals surface area contributed by atoms with Crippen LogP contribution in [0.25, 0.3) is 0 Å². The summed E-state index contributed by atoms with van der Waals surface area (Å²) in [5, 5.41) is 5.06. The summed E-state index contributed by atoms with van der Waals surface area (Å²) < 4.78 is 43.2. The van der Waals surface area contributed by atoms with Gasteiger partial charge in [0.2, 0.25) is 11.8 Å². The number of carbonyl (C=O) groups is 3. The van der Waals surface area contributed by atoms with E-state index in [1.807, 2.05) is 0 Å². The largest absolute Gasteiger partial charge is 0.444 e. The lowest BCUT2D eigenvalue weighted by Crippen LogP contribution is -2.47. The number of alkyl halides is 3. The van der Waals surface area contributed by atoms with Gasteiger partial charge >= 0.3 is 12.3 Å². The van der Waals surface area contributed by atoms with E-state index in [2.05, 4.69) is 31.5 Å². The molecule has 8 nitrogen and oxygen atoms in total. The number of hydrogen-bond donors (Lipinski definition) is 2. The quantitative estimate of drug-likeness (QED) is 0.515. The number of fused-ring (bicyclic) bond motifs is 1. The van der Waals surface area contributed by atoms with E-state index in [-0.39, 0.29) is 12.6 Å². The molecule has 2 N–H and O–H groups in total. The lowest BCUT2D eigenvalue weighted by Gasteiger charge is -2.29. The van der Waals surface area contributed by atoms with E-state index >= 15 is 0 Å². The second kappa shape index (κ2) is 9.35. The SMILES string of the molecule is Cc1ccc(Br)nc1NC(=O)[C@@H]1C[C@@]2(CCNC(=O)CC(F)(F)F)C[C@H]2N1C(=O)OC(C)(C)C. The molecule has 1 aliphatic heterocycles. The van der Waals surface area contributed by atoms with Crippen LogP contribution in [0, 0.1) is 12.3 Å². The number of nitrogens with zero attached hydrogens (tertiary/aromatic N) is 2. The molecule has 2 heterocycles. The van der Waals surface area contributed by atoms with E-state index in [1.165, 1.54) is 4.90 Å². The van der Waals surface area contributed by atoms with Gasteiger partial charge in [0, 0.05) is 12.6 Å². The van der Waals surface area contributed by atoms with E-state index < -0.39 is 47.6 Å². The molecule has 1 aromatic rings. The van der Waals surface area contributed by atoms with Crippen LogP contribution >= 0.6 is 15.9 Å². The first kappa shape index (κ1) is 26.2. The summed E-state index contributed by atoms with van der Waals surface area (Å²) in [5.41, 5.74) is -0.498. The normalized spacial score (nSPS) is 23.8. The molecule has 0 spiro atoms. The Bertz CT molecular complexity index is 982. The van der Waals surface area contributed by atoms with E-state index in [0.29, 0.717) is 29.7 Å². The third-order valence-electron chi connectivity index (χ3n) is 5.94. The Morgan fingerprint density at radius 2 is 1.91 bits per heavy atom. The maximum atomic E-state index is 13.2. The Morgan fingerprint density at radius 1 is 1.24 bits per heavy atom. The second-order valence-electron chi connectivity index (χ2n) is 9.87. The Hall–Kier alpha value is -2.37. The molecule has 1 saturated carbocycles. The number of piperidine rings is 1. The Balaban J connectivity index is 1.72. The highest BCUT2D eigenvalue weighted by atomic mass is 79.9. The average Bonchev–Trinajstić information content (AvgIpc) is 3.25. The molecule has 0 aromatic carbocycles. The van der Waals surface area contributed by atoms with Crippen LogP contribution in [0.1, 0.15) is 52.0 Å². The van der Waals surface area contributed by atoms with Crippen LogP contribution in [-0.4, -0.2) is 58.2 Å². The molecule has 1 aromatic heterocycles. The average molecular weight is 549 g/mol. The van der Waals surface area contributed by atoms with Crippen molar-refractivity contribution in [1.82, 2.24) is 15.2 Å². The number of aromatic nitrogens is 1. The molecular formula is C22H28BrF3N4O4. The summed E-state index contributed by atoms with van der Waals surface area (Å²) in [6, 6.07) is 2.40. The summed E-state index contributed by atoms with van der Waals surface area (Å²) in [6.07, 6.45) is -5.51. The molecule has 2 aliphatic rings. The smallest absolute Gasteiger partial charge is 0.411 e. The minimum Gasteiger partial charge on any atom is -0.444 e. The van der Waals surface area contributed by atoms with Gasteiger partial charge in [-0.3, -0.25) is 14.5 Å². The lowest BCUT2D eigenvalue weighted by atomic mass is 9.95. The van der Waals surface area contributed by atoms with Gasteiger partial charge in [0.1, 0.15) is 28.5 Å². The Morgan fingerprint density at radius 3 is 2.53 bits per heavy atom. The van der Waals surface area contributed by atoms with Crippen molar-refractivity contribution in [3.63, 3.8) is 0 Å². The summed E-state index contributed by atoms with van der Waals surface area (Å²) >= 11 is 3.27. The van der Waals surface area contributed by atoms with Crippen molar-refractivity contribution in [2.45, 2.75) is 77.2 Å². The second-order valence-corrected chi connectivity index (χ2v) is 10.7. The molecule has 12 heteroatoms. The number of aryl methyl sites for hydroxylation is 1. The summed E-state index contributed by atoms with van der Waals surface area (Å²) in [4.78, 5) is 43.4. The minimum atomic E-state index is -4.58. The molecule has 0 radical (unpaired) electrons. The van der Waals surface area contributed by atoms with Crippen LogP contribution in [0.2, 0.25) is 0 Å². The van der Waals surface area contributed by atoms with Crippen LogP contribution in [0.4, 0.5) is 23.8 Å². The van der Waals surface area contributed by atoms with Gasteiger partial charge in [-0.05, 0) is 79.9 Å². The predicted octanol–water partition coefficient (Wildman–Crippen LogP) is 4.32. The summed E-state index contributed by atoms with van der Waals surface area (Å²) in [6.45, 7) is 6.98. The standard InChI is InChI=1S/C22H28BrF3N4O4/c1-12-5-6-15(23)28-17(12)29-18(32)13-9-21(7-8-27-16(31)11-22(24,25)26)10-14(21)30(13)19(33)34-20(2,3)4/h5-6,13-14H,7-11H2,1-4H3,(H,27,31)(H,28,29,32)/t13-,14+,21-/m0/s1. The molecule has 1 aliphatic carbocycles. The number of nitrogens with one attached hydrogen (secondary N) is 2. The third kappa shape index (κ3) is 6.39. The third-order valence-corrected chi connectivity index (χ3v) is 6.38. The van der Waals surface area contributed by atoms with Crippen molar-refractivity contribution in [2.24, 2.45) is 5.41 Å². The number of pyridine rings is 1. The van der Waals surface area contributed by atoms with Crippen molar-refractivity contribution >= 4 is 39.7 Å².